The fourth-order valence-electron chi connectivity index (χ4n) is 1.39. The fraction of sp³-hybridized carbons (Fsp3) is 0.200. The van der Waals surface area contributed by atoms with Gasteiger partial charge in [-0.2, -0.15) is 0 Å². The van der Waals surface area contributed by atoms with E-state index in [1.54, 1.807) is 0 Å². The van der Waals surface area contributed by atoms with Crippen LogP contribution in [0.5, 0.6) is 0 Å². The molecule has 1 heteroatoms. The summed E-state index contributed by atoms with van der Waals surface area (Å²) in [4.78, 5) is 0. The van der Waals surface area contributed by atoms with Gasteiger partial charge in [0.1, 0.15) is 0 Å². The number of rotatable bonds is 0. The van der Waals surface area contributed by atoms with Crippen molar-refractivity contribution in [3.8, 4) is 12.3 Å². The molecular weight excluding hydrogens is 134 g/mol. The number of anilines is 1. The SMILES string of the molecule is C#Cc1ccc2c(c1)CCN2. The summed E-state index contributed by atoms with van der Waals surface area (Å²) in [5, 5.41) is 3.28. The van der Waals surface area contributed by atoms with Crippen LogP contribution < -0.4 is 5.32 Å². The highest BCUT2D eigenvalue weighted by molar-refractivity contribution is 5.58. The first-order chi connectivity index (χ1) is 5.40. The molecule has 0 fully saturated rings. The lowest BCUT2D eigenvalue weighted by Gasteiger charge is -1.98. The molecule has 1 nitrogen and oxygen atoms in total. The van der Waals surface area contributed by atoms with Crippen molar-refractivity contribution in [2.75, 3.05) is 11.9 Å². The van der Waals surface area contributed by atoms with Crippen molar-refractivity contribution in [1.82, 2.24) is 0 Å². The van der Waals surface area contributed by atoms with Crippen LogP contribution in [0.1, 0.15) is 11.1 Å². The summed E-state index contributed by atoms with van der Waals surface area (Å²) in [6.07, 6.45) is 6.38. The Balaban J connectivity index is 2.51. The van der Waals surface area contributed by atoms with E-state index in [1.807, 2.05) is 6.07 Å². The molecular formula is C10H9N. The van der Waals surface area contributed by atoms with Crippen molar-refractivity contribution >= 4 is 5.69 Å². The van der Waals surface area contributed by atoms with E-state index in [4.69, 9.17) is 6.42 Å². The minimum atomic E-state index is 0.979. The third-order valence-corrected chi connectivity index (χ3v) is 1.98. The van der Waals surface area contributed by atoms with Crippen LogP contribution in [0.25, 0.3) is 0 Å². The quantitative estimate of drug-likeness (QED) is 0.544. The average molecular weight is 143 g/mol. The van der Waals surface area contributed by atoms with Crippen LogP contribution in [-0.2, 0) is 6.42 Å². The minimum absolute atomic E-state index is 0.979. The summed E-state index contributed by atoms with van der Waals surface area (Å²) in [5.41, 5.74) is 3.57. The maximum Gasteiger partial charge on any atom is 0.0374 e. The highest BCUT2D eigenvalue weighted by Gasteiger charge is 2.08. The molecule has 1 aromatic carbocycles. The Morgan fingerprint density at radius 2 is 2.36 bits per heavy atom. The van der Waals surface area contributed by atoms with Crippen LogP contribution in [0.3, 0.4) is 0 Å². The van der Waals surface area contributed by atoms with Crippen LogP contribution in [0.4, 0.5) is 5.69 Å². The molecule has 0 bridgehead atoms. The number of benzene rings is 1. The van der Waals surface area contributed by atoms with Crippen molar-refractivity contribution < 1.29 is 0 Å². The van der Waals surface area contributed by atoms with Crippen molar-refractivity contribution in [3.05, 3.63) is 29.3 Å². The number of terminal acetylenes is 1. The molecule has 0 spiro atoms. The first kappa shape index (κ1) is 6.30. The lowest BCUT2D eigenvalue weighted by Crippen LogP contribution is -1.90. The maximum absolute atomic E-state index is 5.27. The Morgan fingerprint density at radius 3 is 3.18 bits per heavy atom. The van der Waals surface area contributed by atoms with Gasteiger partial charge in [0, 0.05) is 17.8 Å². The van der Waals surface area contributed by atoms with Crippen LogP contribution >= 0.6 is 0 Å². The number of nitrogens with one attached hydrogen (secondary N) is 1. The van der Waals surface area contributed by atoms with E-state index in [9.17, 15) is 0 Å². The average Bonchev–Trinajstić information content (AvgIpc) is 2.50. The third kappa shape index (κ3) is 0.969. The molecule has 1 N–H and O–H groups in total. The van der Waals surface area contributed by atoms with Crippen LogP contribution in [0, 0.1) is 12.3 Å². The van der Waals surface area contributed by atoms with Crippen molar-refractivity contribution in [2.45, 2.75) is 6.42 Å². The number of fused-ring (bicyclic) bond motifs is 1. The van der Waals surface area contributed by atoms with Crippen LogP contribution in [-0.4, -0.2) is 6.54 Å². The standard InChI is InChI=1S/C10H9N/c1-2-8-3-4-10-9(7-8)5-6-11-10/h1,3-4,7,11H,5-6H2. The van der Waals surface area contributed by atoms with E-state index in [-0.39, 0.29) is 0 Å². The Bertz CT molecular complexity index is 320. The zero-order valence-electron chi connectivity index (χ0n) is 6.22. The largest absolute Gasteiger partial charge is 0.384 e. The number of hydrogen-bond donors (Lipinski definition) is 1. The van der Waals surface area contributed by atoms with Crippen LogP contribution in [0.15, 0.2) is 18.2 Å². The summed E-state index contributed by atoms with van der Waals surface area (Å²) in [6, 6.07) is 6.10. The van der Waals surface area contributed by atoms with Gasteiger partial charge in [0.25, 0.3) is 0 Å². The highest BCUT2D eigenvalue weighted by atomic mass is 14.9. The van der Waals surface area contributed by atoms with Gasteiger partial charge in [-0.3, -0.25) is 0 Å². The second kappa shape index (κ2) is 2.32. The third-order valence-electron chi connectivity index (χ3n) is 1.98. The van der Waals surface area contributed by atoms with Crippen molar-refractivity contribution in [1.29, 1.82) is 0 Å². The Morgan fingerprint density at radius 1 is 1.45 bits per heavy atom. The topological polar surface area (TPSA) is 12.0 Å². The molecule has 0 aliphatic carbocycles. The summed E-state index contributed by atoms with van der Waals surface area (Å²) >= 11 is 0. The molecule has 0 unspecified atom stereocenters. The van der Waals surface area contributed by atoms with Gasteiger partial charge in [-0.15, -0.1) is 6.42 Å². The van der Waals surface area contributed by atoms with Crippen molar-refractivity contribution in [3.63, 3.8) is 0 Å². The lowest BCUT2D eigenvalue weighted by molar-refractivity contribution is 1.11. The van der Waals surface area contributed by atoms with E-state index in [0.29, 0.717) is 0 Å². The molecule has 1 aliphatic heterocycles. The summed E-state index contributed by atoms with van der Waals surface area (Å²) < 4.78 is 0. The van der Waals surface area contributed by atoms with Gasteiger partial charge in [-0.25, -0.2) is 0 Å². The van der Waals surface area contributed by atoms with Crippen molar-refractivity contribution in [2.24, 2.45) is 0 Å². The molecule has 54 valence electrons. The smallest absolute Gasteiger partial charge is 0.0374 e. The van der Waals surface area contributed by atoms with E-state index in [1.165, 1.54) is 11.3 Å². The molecule has 1 heterocycles. The predicted molar refractivity (Wildman–Crippen MR) is 46.6 cm³/mol. The first-order valence-electron chi connectivity index (χ1n) is 3.73. The Labute approximate surface area is 66.4 Å². The van der Waals surface area contributed by atoms with Gasteiger partial charge >= 0.3 is 0 Å². The second-order valence-corrected chi connectivity index (χ2v) is 2.69. The zero-order valence-corrected chi connectivity index (χ0v) is 6.22. The Kier molecular flexibility index (Phi) is 1.33. The number of hydrogen-bond acceptors (Lipinski definition) is 1. The van der Waals surface area contributed by atoms with Gasteiger partial charge in [0.05, 0.1) is 0 Å². The molecule has 0 saturated carbocycles. The monoisotopic (exact) mass is 143 g/mol. The molecule has 0 amide bonds. The van der Waals surface area contributed by atoms with Gasteiger partial charge in [0.2, 0.25) is 0 Å². The molecule has 0 aromatic heterocycles. The predicted octanol–water partition coefficient (Wildman–Crippen LogP) is 1.64. The second-order valence-electron chi connectivity index (χ2n) is 2.69. The zero-order chi connectivity index (χ0) is 7.68. The maximum atomic E-state index is 5.27. The molecule has 0 radical (unpaired) electrons. The molecule has 0 saturated heterocycles. The minimum Gasteiger partial charge on any atom is -0.384 e. The van der Waals surface area contributed by atoms with E-state index < -0.39 is 0 Å². The molecule has 1 aromatic rings. The summed E-state index contributed by atoms with van der Waals surface area (Å²) in [7, 11) is 0. The normalized spacial score (nSPS) is 13.4. The Hall–Kier alpha value is -1.42. The van der Waals surface area contributed by atoms with E-state index in [2.05, 4.69) is 23.4 Å². The van der Waals surface area contributed by atoms with Gasteiger partial charge in [-0.1, -0.05) is 5.92 Å². The summed E-state index contributed by atoms with van der Waals surface area (Å²) in [5.74, 6) is 2.63. The van der Waals surface area contributed by atoms with Gasteiger partial charge in [0.15, 0.2) is 0 Å². The van der Waals surface area contributed by atoms with Crippen LogP contribution in [0.2, 0.25) is 0 Å². The fourth-order valence-corrected chi connectivity index (χ4v) is 1.39. The van der Waals surface area contributed by atoms with Gasteiger partial charge < -0.3 is 5.32 Å². The first-order valence-corrected chi connectivity index (χ1v) is 3.73. The van der Waals surface area contributed by atoms with Gasteiger partial charge in [-0.05, 0) is 30.2 Å². The molecule has 11 heavy (non-hydrogen) atoms. The molecule has 1 aliphatic rings. The summed E-state index contributed by atoms with van der Waals surface area (Å²) in [6.45, 7) is 1.04. The highest BCUT2D eigenvalue weighted by Crippen LogP contribution is 2.22. The van der Waals surface area contributed by atoms with E-state index >= 15 is 0 Å². The molecule has 2 rings (SSSR count). The lowest BCUT2D eigenvalue weighted by atomic mass is 10.1. The van der Waals surface area contributed by atoms with E-state index in [0.717, 1.165) is 18.5 Å². The molecule has 0 atom stereocenters.